The average molecular weight is 873 g/mol. The minimum absolute atomic E-state index is 0.0146. The van der Waals surface area contributed by atoms with Crippen LogP contribution in [0.3, 0.4) is 0 Å². The van der Waals surface area contributed by atoms with Gasteiger partial charge in [-0.1, -0.05) is 18.7 Å². The second-order valence-electron chi connectivity index (χ2n) is 14.7. The smallest absolute Gasteiger partial charge is 0.301 e. The number of amides is 2. The number of alkyl halides is 1. The molecule has 328 valence electrons. The lowest BCUT2D eigenvalue weighted by molar-refractivity contribution is -0.135. The number of hydrogen-bond donors (Lipinski definition) is 5. The molecule has 0 aliphatic carbocycles. The van der Waals surface area contributed by atoms with E-state index in [1.807, 2.05) is 4.72 Å². The second-order valence-corrected chi connectivity index (χ2v) is 16.4. The van der Waals surface area contributed by atoms with Gasteiger partial charge in [-0.05, 0) is 62.6 Å². The number of piperidine rings is 1. The molecule has 2 amide bonds. The maximum atomic E-state index is 15.7. The number of aliphatic hydroxyl groups excluding tert-OH is 1. The van der Waals surface area contributed by atoms with Crippen molar-refractivity contribution in [2.75, 3.05) is 51.3 Å². The first-order valence-corrected chi connectivity index (χ1v) is 20.8. The molecule has 4 aromatic rings. The zero-order valence-corrected chi connectivity index (χ0v) is 34.5. The summed E-state index contributed by atoms with van der Waals surface area (Å²) < 4.78 is 95.7. The Labute approximate surface area is 350 Å². The molecule has 20 heteroatoms. The van der Waals surface area contributed by atoms with Gasteiger partial charge in [0.1, 0.15) is 41.8 Å². The Balaban J connectivity index is 1.02. The number of benzene rings is 2. The van der Waals surface area contributed by atoms with Crippen LogP contribution in [0.25, 0.3) is 22.2 Å². The summed E-state index contributed by atoms with van der Waals surface area (Å²) >= 11 is 0. The number of halogens is 3. The van der Waals surface area contributed by atoms with Crippen LogP contribution in [0, 0.1) is 11.6 Å². The highest BCUT2D eigenvalue weighted by atomic mass is 32.2. The number of hydrogen-bond acceptors (Lipinski definition) is 11. The Morgan fingerprint density at radius 3 is 2.52 bits per heavy atom. The zero-order chi connectivity index (χ0) is 44.1. The third-order valence-electron chi connectivity index (χ3n) is 10.8. The Morgan fingerprint density at radius 1 is 1.10 bits per heavy atom. The van der Waals surface area contributed by atoms with E-state index in [0.29, 0.717) is 16.9 Å². The lowest BCUT2D eigenvalue weighted by Gasteiger charge is -2.37. The summed E-state index contributed by atoms with van der Waals surface area (Å²) in [6.45, 7) is 7.44. The number of nitrogens with one attached hydrogen (secondary N) is 4. The number of anilines is 1. The van der Waals surface area contributed by atoms with Crippen LogP contribution in [-0.2, 0) is 34.0 Å². The van der Waals surface area contributed by atoms with Crippen molar-refractivity contribution in [1.82, 2.24) is 24.9 Å². The minimum Gasteiger partial charge on any atom is -0.491 e. The molecule has 2 aliphatic heterocycles. The highest BCUT2D eigenvalue weighted by molar-refractivity contribution is 7.90. The van der Waals surface area contributed by atoms with Crippen LogP contribution >= 0.6 is 0 Å². The van der Waals surface area contributed by atoms with E-state index in [1.54, 1.807) is 50.4 Å². The predicted octanol–water partition coefficient (Wildman–Crippen LogP) is 3.91. The zero-order valence-electron chi connectivity index (χ0n) is 33.6. The molecule has 2 saturated heterocycles. The van der Waals surface area contributed by atoms with Crippen molar-refractivity contribution in [1.29, 1.82) is 0 Å². The van der Waals surface area contributed by atoms with E-state index in [4.69, 9.17) is 18.9 Å². The Hall–Kier alpha value is -5.38. The van der Waals surface area contributed by atoms with Crippen LogP contribution in [-0.4, -0.2) is 122 Å². The van der Waals surface area contributed by atoms with Gasteiger partial charge in [0.25, 0.3) is 0 Å². The summed E-state index contributed by atoms with van der Waals surface area (Å²) in [7, 11) is -2.90. The summed E-state index contributed by atoms with van der Waals surface area (Å²) in [6, 6.07) is 9.52. The molecule has 2 aromatic carbocycles. The second kappa shape index (κ2) is 19.1. The molecule has 0 spiro atoms. The molecule has 4 heterocycles. The Bertz CT molecular complexity index is 2380. The minimum atomic E-state index is -4.38. The maximum absolute atomic E-state index is 15.7. The Kier molecular flexibility index (Phi) is 14.2. The number of fused-ring (bicyclic) bond motifs is 1. The molecule has 2 aromatic heterocycles. The third kappa shape index (κ3) is 10.2. The van der Waals surface area contributed by atoms with Crippen LogP contribution in [0.15, 0.2) is 67.0 Å². The third-order valence-corrected chi connectivity index (χ3v) is 12.3. The molecule has 0 saturated carbocycles. The van der Waals surface area contributed by atoms with Gasteiger partial charge in [-0.2, -0.15) is 12.7 Å². The predicted molar refractivity (Wildman–Crippen MR) is 217 cm³/mol. The number of carbonyl (C=O) groups excluding carboxylic acids is 3. The van der Waals surface area contributed by atoms with Crippen molar-refractivity contribution >= 4 is 44.5 Å². The number of carbonyl (C=O) groups is 3. The van der Waals surface area contributed by atoms with Gasteiger partial charge in [0.2, 0.25) is 17.6 Å². The highest BCUT2D eigenvalue weighted by Crippen LogP contribution is 2.31. The number of ketones is 1. The number of aromatic nitrogens is 2. The molecular weight excluding hydrogens is 826 g/mol. The van der Waals surface area contributed by atoms with Crippen LogP contribution in [0.2, 0.25) is 0 Å². The quantitative estimate of drug-likeness (QED) is 0.0518. The van der Waals surface area contributed by atoms with Gasteiger partial charge in [0.15, 0.2) is 5.82 Å². The summed E-state index contributed by atoms with van der Waals surface area (Å²) in [5.41, 5.74) is -1.38. The van der Waals surface area contributed by atoms with Crippen molar-refractivity contribution < 1.29 is 60.0 Å². The summed E-state index contributed by atoms with van der Waals surface area (Å²) in [5, 5.41) is 15.5. The van der Waals surface area contributed by atoms with Gasteiger partial charge in [0, 0.05) is 61.1 Å². The Morgan fingerprint density at radius 2 is 1.84 bits per heavy atom. The molecule has 2 fully saturated rings. The number of nitrogens with zero attached hydrogens (tertiary/aromatic N) is 2. The molecule has 5 N–H and O–H groups in total. The standard InChI is InChI=1S/C41H47F3N6O10S/c1-23(39(53)47-33-11-12-34(51)48-40(33)54)41(3,24(2)57-4)60-18-16-58-15-17-59-28-7-5-25(6-8-28)26-19-29-30(21-46-38(29)45-20-26)37(52)35-31(43)9-10-32(36(35)44)49-61(55,56)50-14-13-27(42)22-50/h5-10,19-21,24,27,33,40,49,54H,1,11-18,22H2,2-4H3,(H,45,46)(H,47,53)(H,48,51)/t24?,27-,33?,40?,41?/m1/s1. The number of rotatable bonds is 19. The first kappa shape index (κ1) is 45.2. The van der Waals surface area contributed by atoms with Gasteiger partial charge in [0.05, 0.1) is 43.2 Å². The number of ether oxygens (including phenoxy) is 4. The van der Waals surface area contributed by atoms with Crippen molar-refractivity contribution in [3.05, 3.63) is 89.8 Å². The fourth-order valence-corrected chi connectivity index (χ4v) is 8.17. The van der Waals surface area contributed by atoms with Crippen molar-refractivity contribution in [2.45, 2.75) is 63.3 Å². The topological polar surface area (TPSA) is 211 Å². The molecule has 2 aliphatic rings. The summed E-state index contributed by atoms with van der Waals surface area (Å²) in [5.74, 6) is -4.01. The maximum Gasteiger partial charge on any atom is 0.301 e. The van der Waals surface area contributed by atoms with Crippen molar-refractivity contribution in [2.24, 2.45) is 0 Å². The normalized spacial score (nSPS) is 19.9. The molecule has 5 atom stereocenters. The van der Waals surface area contributed by atoms with E-state index in [-0.39, 0.29) is 80.3 Å². The van der Waals surface area contributed by atoms with E-state index in [1.165, 1.54) is 13.3 Å². The summed E-state index contributed by atoms with van der Waals surface area (Å²) in [4.78, 5) is 45.4. The number of H-pyrrole nitrogens is 1. The molecular formula is C41H47F3N6O10S. The average Bonchev–Trinajstić information content (AvgIpc) is 3.88. The van der Waals surface area contributed by atoms with Gasteiger partial charge in [-0.25, -0.2) is 18.2 Å². The lowest BCUT2D eigenvalue weighted by Crippen LogP contribution is -2.57. The fourth-order valence-electron chi connectivity index (χ4n) is 6.90. The highest BCUT2D eigenvalue weighted by Gasteiger charge is 2.40. The molecule has 61 heavy (non-hydrogen) atoms. The molecule has 0 bridgehead atoms. The largest absolute Gasteiger partial charge is 0.491 e. The van der Waals surface area contributed by atoms with Gasteiger partial charge in [-0.3, -0.25) is 19.1 Å². The molecule has 4 unspecified atom stereocenters. The summed E-state index contributed by atoms with van der Waals surface area (Å²) in [6.07, 6.45) is 0.0651. The van der Waals surface area contributed by atoms with Crippen LogP contribution in [0.5, 0.6) is 5.75 Å². The van der Waals surface area contributed by atoms with Crippen LogP contribution in [0.1, 0.15) is 49.0 Å². The van der Waals surface area contributed by atoms with Crippen molar-refractivity contribution in [3.63, 3.8) is 0 Å². The SMILES string of the molecule is C=C(C(=O)NC1CCC(=O)NC1O)C(C)(OCCOCCOc1ccc(-c2cnc3[nH]cc(C(=O)c4c(F)ccc(NS(=O)(=O)N5CC[C@@H](F)C5)c4F)c3c2)cc1)C(C)OC. The van der Waals surface area contributed by atoms with E-state index >= 15 is 8.78 Å². The van der Waals surface area contributed by atoms with Gasteiger partial charge in [-0.15, -0.1) is 0 Å². The number of methoxy groups -OCH3 is 1. The van der Waals surface area contributed by atoms with E-state index < -0.39 is 81.5 Å². The van der Waals surface area contributed by atoms with E-state index in [9.17, 15) is 32.3 Å². The molecule has 16 nitrogen and oxygen atoms in total. The first-order chi connectivity index (χ1) is 29.0. The van der Waals surface area contributed by atoms with Crippen LogP contribution < -0.4 is 20.1 Å². The first-order valence-electron chi connectivity index (χ1n) is 19.4. The molecule has 0 radical (unpaired) electrons. The fraction of sp³-hybridized carbons (Fsp3) is 0.415. The number of aromatic amines is 1. The van der Waals surface area contributed by atoms with Crippen LogP contribution in [0.4, 0.5) is 18.9 Å². The molecule has 6 rings (SSSR count). The van der Waals surface area contributed by atoms with Crippen molar-refractivity contribution in [3.8, 4) is 16.9 Å². The van der Waals surface area contributed by atoms with Gasteiger partial charge >= 0.3 is 10.2 Å². The van der Waals surface area contributed by atoms with Gasteiger partial charge < -0.3 is 39.7 Å². The lowest BCUT2D eigenvalue weighted by atomic mass is 9.90. The van der Waals surface area contributed by atoms with E-state index in [2.05, 4.69) is 27.2 Å². The number of pyridine rings is 1. The number of aliphatic hydroxyl groups is 1. The van der Waals surface area contributed by atoms with E-state index in [0.717, 1.165) is 16.4 Å². The monoisotopic (exact) mass is 872 g/mol.